The molecule has 0 amide bonds. The summed E-state index contributed by atoms with van der Waals surface area (Å²) in [5.74, 6) is -0.828. The Kier molecular flexibility index (Phi) is 3.54. The third-order valence-electron chi connectivity index (χ3n) is 5.89. The van der Waals surface area contributed by atoms with Crippen molar-refractivity contribution in [1.82, 2.24) is 0 Å². The Hall–Kier alpha value is -3.14. The van der Waals surface area contributed by atoms with Crippen LogP contribution in [0.3, 0.4) is 0 Å². The van der Waals surface area contributed by atoms with Gasteiger partial charge in [-0.2, -0.15) is 0 Å². The second-order valence-corrected chi connectivity index (χ2v) is 7.29. The van der Waals surface area contributed by atoms with Gasteiger partial charge >= 0.3 is 5.97 Å². The van der Waals surface area contributed by atoms with Crippen LogP contribution in [0.5, 0.6) is 0 Å². The Balaban J connectivity index is 1.72. The third kappa shape index (κ3) is 2.44. The summed E-state index contributed by atoms with van der Waals surface area (Å²) in [6.45, 7) is 0. The van der Waals surface area contributed by atoms with Crippen LogP contribution < -0.4 is 5.32 Å². The van der Waals surface area contributed by atoms with E-state index in [1.165, 1.54) is 23.3 Å². The van der Waals surface area contributed by atoms with Gasteiger partial charge in [-0.25, -0.2) is 9.18 Å². The molecule has 27 heavy (non-hydrogen) atoms. The molecule has 0 radical (unpaired) electrons. The van der Waals surface area contributed by atoms with E-state index in [2.05, 4.69) is 17.4 Å². The lowest BCUT2D eigenvalue weighted by Gasteiger charge is -2.38. The van der Waals surface area contributed by atoms with Gasteiger partial charge in [0.2, 0.25) is 0 Å². The predicted molar refractivity (Wildman–Crippen MR) is 102 cm³/mol. The molecule has 0 aromatic heterocycles. The zero-order chi connectivity index (χ0) is 18.5. The lowest BCUT2D eigenvalue weighted by atomic mass is 9.75. The summed E-state index contributed by atoms with van der Waals surface area (Å²) >= 11 is 0. The number of rotatable bonds is 2. The number of para-hydroxylation sites is 1. The van der Waals surface area contributed by atoms with Crippen molar-refractivity contribution in [2.75, 3.05) is 5.32 Å². The van der Waals surface area contributed by atoms with Crippen LogP contribution in [0.2, 0.25) is 0 Å². The largest absolute Gasteiger partial charge is 0.478 e. The van der Waals surface area contributed by atoms with Gasteiger partial charge in [-0.05, 0) is 52.8 Å². The van der Waals surface area contributed by atoms with E-state index in [9.17, 15) is 14.3 Å². The average Bonchev–Trinajstić information content (AvgIpc) is 3.07. The van der Waals surface area contributed by atoms with Gasteiger partial charge in [0.05, 0.1) is 17.3 Å². The monoisotopic (exact) mass is 359 g/mol. The molecule has 0 unspecified atom stereocenters. The second-order valence-electron chi connectivity index (χ2n) is 7.29. The highest BCUT2D eigenvalue weighted by atomic mass is 19.1. The molecule has 2 aliphatic rings. The van der Waals surface area contributed by atoms with Crippen molar-refractivity contribution < 1.29 is 14.3 Å². The molecule has 0 saturated heterocycles. The molecule has 5 rings (SSSR count). The maximum Gasteiger partial charge on any atom is 0.337 e. The SMILES string of the molecule is O=C(O)c1cccc2c1N[C@H](c1ccc(F)cc1)[C@H]1Cc3ccccc3[C@@H]21. The molecule has 0 saturated carbocycles. The normalized spacial score (nSPS) is 22.3. The smallest absolute Gasteiger partial charge is 0.337 e. The molecule has 134 valence electrons. The number of benzene rings is 3. The molecule has 3 nitrogen and oxygen atoms in total. The zero-order valence-corrected chi connectivity index (χ0v) is 14.5. The van der Waals surface area contributed by atoms with E-state index in [4.69, 9.17) is 0 Å². The van der Waals surface area contributed by atoms with Crippen molar-refractivity contribution in [2.45, 2.75) is 18.4 Å². The number of carboxylic acids is 1. The molecule has 4 heteroatoms. The fraction of sp³-hybridized carbons (Fsp3) is 0.174. The van der Waals surface area contributed by atoms with E-state index in [0.29, 0.717) is 5.69 Å². The van der Waals surface area contributed by atoms with Crippen LogP contribution in [0.1, 0.15) is 44.6 Å². The van der Waals surface area contributed by atoms with Crippen LogP contribution in [0.4, 0.5) is 10.1 Å². The van der Waals surface area contributed by atoms with Crippen LogP contribution in [0.15, 0.2) is 66.7 Å². The number of fused-ring (bicyclic) bond motifs is 5. The second kappa shape index (κ2) is 5.95. The Morgan fingerprint density at radius 2 is 1.70 bits per heavy atom. The predicted octanol–water partition coefficient (Wildman–Crippen LogP) is 4.99. The number of carboxylic acid groups (broad SMARTS) is 1. The highest BCUT2D eigenvalue weighted by Gasteiger charge is 2.44. The average molecular weight is 359 g/mol. The minimum Gasteiger partial charge on any atom is -0.478 e. The lowest BCUT2D eigenvalue weighted by molar-refractivity contribution is 0.0697. The molecule has 1 aliphatic heterocycles. The molecule has 1 aliphatic carbocycles. The number of hydrogen-bond donors (Lipinski definition) is 2. The summed E-state index contributed by atoms with van der Waals surface area (Å²) in [6.07, 6.45) is 0.909. The molecule has 1 heterocycles. The number of aromatic carboxylic acids is 1. The molecule has 3 aromatic rings. The summed E-state index contributed by atoms with van der Waals surface area (Å²) < 4.78 is 13.4. The number of anilines is 1. The number of halogens is 1. The lowest BCUT2D eigenvalue weighted by Crippen LogP contribution is -2.31. The maximum atomic E-state index is 13.4. The van der Waals surface area contributed by atoms with Crippen molar-refractivity contribution >= 4 is 11.7 Å². The number of hydrogen-bond acceptors (Lipinski definition) is 2. The molecular weight excluding hydrogens is 341 g/mol. The Morgan fingerprint density at radius 1 is 0.963 bits per heavy atom. The van der Waals surface area contributed by atoms with E-state index >= 15 is 0 Å². The molecule has 2 N–H and O–H groups in total. The van der Waals surface area contributed by atoms with Gasteiger partial charge < -0.3 is 10.4 Å². The topological polar surface area (TPSA) is 49.3 Å². The fourth-order valence-corrected chi connectivity index (χ4v) is 4.77. The standard InChI is InChI=1S/C23H18FNO2/c24-15-10-8-13(9-11-15)21-19-12-14-4-1-2-5-16(14)20(19)17-6-3-7-18(23(26)27)22(17)25-21/h1-11,19-21,25H,12H2,(H,26,27)/t19-,20-,21+/m0/s1. The summed E-state index contributed by atoms with van der Waals surface area (Å²) in [6, 6.07) is 20.3. The van der Waals surface area contributed by atoms with Crippen molar-refractivity contribution in [3.8, 4) is 0 Å². The highest BCUT2D eigenvalue weighted by Crippen LogP contribution is 2.54. The summed E-state index contributed by atoms with van der Waals surface area (Å²) in [7, 11) is 0. The Labute approximate surface area is 156 Å². The number of carbonyl (C=O) groups is 1. The van der Waals surface area contributed by atoms with E-state index in [1.807, 2.05) is 24.3 Å². The van der Waals surface area contributed by atoms with Gasteiger partial charge in [0.1, 0.15) is 5.82 Å². The molecule has 3 aromatic carbocycles. The van der Waals surface area contributed by atoms with Crippen LogP contribution in [-0.2, 0) is 6.42 Å². The summed E-state index contributed by atoms with van der Waals surface area (Å²) in [4.78, 5) is 11.8. The summed E-state index contributed by atoms with van der Waals surface area (Å²) in [5.41, 5.74) is 5.53. The first-order chi connectivity index (χ1) is 13.1. The van der Waals surface area contributed by atoms with E-state index < -0.39 is 5.97 Å². The Morgan fingerprint density at radius 3 is 2.48 bits per heavy atom. The van der Waals surface area contributed by atoms with Crippen LogP contribution in [0, 0.1) is 11.7 Å². The van der Waals surface area contributed by atoms with Gasteiger partial charge in [0.15, 0.2) is 0 Å². The first-order valence-corrected chi connectivity index (χ1v) is 9.09. The summed E-state index contributed by atoms with van der Waals surface area (Å²) in [5, 5.41) is 13.2. The molecular formula is C23H18FNO2. The molecule has 0 spiro atoms. The quantitative estimate of drug-likeness (QED) is 0.677. The van der Waals surface area contributed by atoms with Crippen LogP contribution in [0.25, 0.3) is 0 Å². The molecule has 3 atom stereocenters. The maximum absolute atomic E-state index is 13.4. The van der Waals surface area contributed by atoms with E-state index in [1.54, 1.807) is 18.2 Å². The van der Waals surface area contributed by atoms with Crippen molar-refractivity contribution in [1.29, 1.82) is 0 Å². The Bertz CT molecular complexity index is 1040. The minimum atomic E-state index is -0.943. The van der Waals surface area contributed by atoms with Gasteiger partial charge in [0.25, 0.3) is 0 Å². The number of nitrogens with one attached hydrogen (secondary N) is 1. The van der Waals surface area contributed by atoms with E-state index in [0.717, 1.165) is 17.5 Å². The minimum absolute atomic E-state index is 0.0731. The fourth-order valence-electron chi connectivity index (χ4n) is 4.77. The van der Waals surface area contributed by atoms with Crippen LogP contribution >= 0.6 is 0 Å². The van der Waals surface area contributed by atoms with Crippen molar-refractivity contribution in [2.24, 2.45) is 5.92 Å². The highest BCUT2D eigenvalue weighted by molar-refractivity contribution is 5.96. The third-order valence-corrected chi connectivity index (χ3v) is 5.89. The van der Waals surface area contributed by atoms with Crippen molar-refractivity contribution in [3.05, 3.63) is 100 Å². The molecule has 0 fully saturated rings. The van der Waals surface area contributed by atoms with Crippen LogP contribution in [-0.4, -0.2) is 11.1 Å². The van der Waals surface area contributed by atoms with Gasteiger partial charge in [0, 0.05) is 5.92 Å². The van der Waals surface area contributed by atoms with Gasteiger partial charge in [-0.15, -0.1) is 0 Å². The zero-order valence-electron chi connectivity index (χ0n) is 14.5. The first kappa shape index (κ1) is 16.1. The van der Waals surface area contributed by atoms with Gasteiger partial charge in [-0.1, -0.05) is 48.5 Å². The molecule has 0 bridgehead atoms. The van der Waals surface area contributed by atoms with Crippen molar-refractivity contribution in [3.63, 3.8) is 0 Å². The van der Waals surface area contributed by atoms with Gasteiger partial charge in [-0.3, -0.25) is 0 Å². The first-order valence-electron chi connectivity index (χ1n) is 9.09. The van der Waals surface area contributed by atoms with E-state index in [-0.39, 0.29) is 29.3 Å².